The van der Waals surface area contributed by atoms with Crippen LogP contribution in [-0.4, -0.2) is 19.5 Å². The highest BCUT2D eigenvalue weighted by Crippen LogP contribution is 2.42. The molecule has 0 bridgehead atoms. The molecule has 0 amide bonds. The molecule has 0 saturated carbocycles. The largest absolute Gasteiger partial charge is 0.304 e. The molecule has 0 aliphatic rings. The van der Waals surface area contributed by atoms with E-state index in [1.807, 2.05) is 41.9 Å². The maximum absolute atomic E-state index is 5.13. The van der Waals surface area contributed by atoms with Crippen LogP contribution in [-0.2, 0) is 0 Å². The van der Waals surface area contributed by atoms with Gasteiger partial charge in [0, 0.05) is 31.1 Å². The van der Waals surface area contributed by atoms with Gasteiger partial charge in [0.1, 0.15) is 6.33 Å². The first-order valence-electron chi connectivity index (χ1n) is 10.4. The number of hydrogen-bond donors (Lipinski definition) is 0. The quantitative estimate of drug-likeness (QED) is 0.298. The van der Waals surface area contributed by atoms with Gasteiger partial charge in [-0.2, -0.15) is 0 Å². The van der Waals surface area contributed by atoms with Gasteiger partial charge in [0.15, 0.2) is 0 Å². The summed E-state index contributed by atoms with van der Waals surface area (Å²) in [7, 11) is 0. The third-order valence-corrected chi connectivity index (χ3v) is 7.12. The topological polar surface area (TPSA) is 43.6 Å². The molecule has 4 aromatic heterocycles. The van der Waals surface area contributed by atoms with Gasteiger partial charge in [-0.1, -0.05) is 48.5 Å². The van der Waals surface area contributed by atoms with Crippen LogP contribution in [0.1, 0.15) is 0 Å². The number of fused-ring (bicyclic) bond motifs is 7. The SMILES string of the molecule is c1ccc(-c2ccc3c(n2)c2ccc4sc5ccccc5c4c2n3-c2cncnc2)cc1. The minimum Gasteiger partial charge on any atom is -0.304 e. The van der Waals surface area contributed by atoms with Crippen LogP contribution in [0.15, 0.2) is 97.6 Å². The van der Waals surface area contributed by atoms with Crippen molar-refractivity contribution in [2.75, 3.05) is 0 Å². The predicted octanol–water partition coefficient (Wildman–Crippen LogP) is 7.00. The molecule has 0 spiro atoms. The van der Waals surface area contributed by atoms with Crippen LogP contribution in [0, 0.1) is 0 Å². The monoisotopic (exact) mass is 428 g/mol. The summed E-state index contributed by atoms with van der Waals surface area (Å²) in [6, 6.07) is 27.6. The third kappa shape index (κ3) is 2.46. The summed E-state index contributed by atoms with van der Waals surface area (Å²) < 4.78 is 4.81. The normalized spacial score (nSPS) is 11.8. The van der Waals surface area contributed by atoms with Crippen molar-refractivity contribution in [3.8, 4) is 16.9 Å². The fourth-order valence-electron chi connectivity index (χ4n) is 4.62. The van der Waals surface area contributed by atoms with Crippen molar-refractivity contribution in [1.29, 1.82) is 0 Å². The molecule has 7 rings (SSSR count). The lowest BCUT2D eigenvalue weighted by Crippen LogP contribution is -1.96. The van der Waals surface area contributed by atoms with Crippen LogP contribution in [0.5, 0.6) is 0 Å². The van der Waals surface area contributed by atoms with E-state index in [1.54, 1.807) is 6.33 Å². The van der Waals surface area contributed by atoms with Crippen LogP contribution >= 0.6 is 11.3 Å². The number of pyridine rings is 1. The molecule has 0 unspecified atom stereocenters. The minimum atomic E-state index is 0.935. The molecular formula is C27H16N4S. The molecule has 7 aromatic rings. The van der Waals surface area contributed by atoms with Crippen LogP contribution < -0.4 is 0 Å². The van der Waals surface area contributed by atoms with Gasteiger partial charge in [-0.3, -0.25) is 0 Å². The van der Waals surface area contributed by atoms with Crippen molar-refractivity contribution >= 4 is 53.4 Å². The summed E-state index contributed by atoms with van der Waals surface area (Å²) in [5.41, 5.74) is 6.21. The molecule has 150 valence electrons. The lowest BCUT2D eigenvalue weighted by molar-refractivity contribution is 1.08. The maximum Gasteiger partial charge on any atom is 0.115 e. The van der Waals surface area contributed by atoms with Gasteiger partial charge in [0.05, 0.1) is 40.3 Å². The van der Waals surface area contributed by atoms with Gasteiger partial charge in [0.2, 0.25) is 0 Å². The van der Waals surface area contributed by atoms with E-state index >= 15 is 0 Å². The van der Waals surface area contributed by atoms with Crippen LogP contribution in [0.25, 0.3) is 59.1 Å². The van der Waals surface area contributed by atoms with E-state index in [2.05, 4.69) is 75.2 Å². The summed E-state index contributed by atoms with van der Waals surface area (Å²) in [4.78, 5) is 13.7. The Morgan fingerprint density at radius 1 is 0.688 bits per heavy atom. The van der Waals surface area contributed by atoms with Crippen molar-refractivity contribution in [3.05, 3.63) is 97.6 Å². The molecule has 0 aliphatic carbocycles. The predicted molar refractivity (Wildman–Crippen MR) is 132 cm³/mol. The Kier molecular flexibility index (Phi) is 3.68. The highest BCUT2D eigenvalue weighted by atomic mass is 32.1. The average Bonchev–Trinajstić information content (AvgIpc) is 3.40. The first kappa shape index (κ1) is 17.6. The number of hydrogen-bond acceptors (Lipinski definition) is 4. The highest BCUT2D eigenvalue weighted by Gasteiger charge is 2.19. The number of thiophene rings is 1. The zero-order valence-electron chi connectivity index (χ0n) is 16.9. The number of benzene rings is 3. The van der Waals surface area contributed by atoms with Crippen molar-refractivity contribution in [3.63, 3.8) is 0 Å². The molecule has 0 N–H and O–H groups in total. The molecule has 5 heteroatoms. The molecule has 4 nitrogen and oxygen atoms in total. The van der Waals surface area contributed by atoms with E-state index < -0.39 is 0 Å². The van der Waals surface area contributed by atoms with Gasteiger partial charge in [0.25, 0.3) is 0 Å². The molecule has 0 saturated heterocycles. The Labute approximate surface area is 187 Å². The van der Waals surface area contributed by atoms with Crippen LogP contribution in [0.4, 0.5) is 0 Å². The zero-order chi connectivity index (χ0) is 21.1. The number of aromatic nitrogens is 4. The lowest BCUT2D eigenvalue weighted by Gasteiger charge is -2.08. The van der Waals surface area contributed by atoms with Gasteiger partial charge >= 0.3 is 0 Å². The molecule has 0 aliphatic heterocycles. The van der Waals surface area contributed by atoms with Gasteiger partial charge < -0.3 is 4.57 Å². The van der Waals surface area contributed by atoms with Gasteiger partial charge in [-0.25, -0.2) is 15.0 Å². The lowest BCUT2D eigenvalue weighted by atomic mass is 10.1. The molecule has 0 atom stereocenters. The molecule has 3 aromatic carbocycles. The van der Waals surface area contributed by atoms with E-state index in [0.717, 1.165) is 38.9 Å². The highest BCUT2D eigenvalue weighted by molar-refractivity contribution is 7.26. The Hall–Kier alpha value is -4.09. The van der Waals surface area contributed by atoms with Gasteiger partial charge in [-0.05, 0) is 30.3 Å². The zero-order valence-corrected chi connectivity index (χ0v) is 17.8. The van der Waals surface area contributed by atoms with Crippen molar-refractivity contribution in [2.45, 2.75) is 0 Å². The summed E-state index contributed by atoms with van der Waals surface area (Å²) >= 11 is 1.83. The smallest absolute Gasteiger partial charge is 0.115 e. The van der Waals surface area contributed by atoms with Crippen LogP contribution in [0.2, 0.25) is 0 Å². The Balaban J connectivity index is 1.69. The number of rotatable bonds is 2. The maximum atomic E-state index is 5.13. The first-order chi connectivity index (χ1) is 15.9. The fraction of sp³-hybridized carbons (Fsp3) is 0. The van der Waals surface area contributed by atoms with E-state index in [1.165, 1.54) is 20.2 Å². The molecule has 0 fully saturated rings. The second kappa shape index (κ2) is 6.70. The summed E-state index contributed by atoms with van der Waals surface area (Å²) in [5, 5.41) is 3.66. The van der Waals surface area contributed by atoms with E-state index in [4.69, 9.17) is 4.98 Å². The second-order valence-corrected chi connectivity index (χ2v) is 8.88. The van der Waals surface area contributed by atoms with E-state index in [0.29, 0.717) is 0 Å². The van der Waals surface area contributed by atoms with Crippen molar-refractivity contribution < 1.29 is 0 Å². The molecule has 32 heavy (non-hydrogen) atoms. The first-order valence-corrected chi connectivity index (χ1v) is 11.3. The van der Waals surface area contributed by atoms with E-state index in [9.17, 15) is 0 Å². The standard InChI is InChI=1S/C27H16N4S/c1-2-6-17(7-3-1)21-11-12-22-26(30-21)20-10-13-24-25(19-8-4-5-9-23(19)32-24)27(20)31(22)18-14-28-16-29-15-18/h1-16H. The second-order valence-electron chi connectivity index (χ2n) is 7.80. The molecular weight excluding hydrogens is 412 g/mol. The molecule has 0 radical (unpaired) electrons. The van der Waals surface area contributed by atoms with Crippen molar-refractivity contribution in [2.24, 2.45) is 0 Å². The summed E-state index contributed by atoms with van der Waals surface area (Å²) in [6.07, 6.45) is 5.30. The number of nitrogens with zero attached hydrogens (tertiary/aromatic N) is 4. The third-order valence-electron chi connectivity index (χ3n) is 5.98. The molecule has 4 heterocycles. The fourth-order valence-corrected chi connectivity index (χ4v) is 5.73. The van der Waals surface area contributed by atoms with E-state index in [-0.39, 0.29) is 0 Å². The Morgan fingerprint density at radius 2 is 1.50 bits per heavy atom. The average molecular weight is 429 g/mol. The minimum absolute atomic E-state index is 0.935. The Bertz CT molecular complexity index is 1770. The summed E-state index contributed by atoms with van der Waals surface area (Å²) in [6.45, 7) is 0. The van der Waals surface area contributed by atoms with Crippen LogP contribution in [0.3, 0.4) is 0 Å². The van der Waals surface area contributed by atoms with Gasteiger partial charge in [-0.15, -0.1) is 11.3 Å². The Morgan fingerprint density at radius 3 is 2.38 bits per heavy atom. The van der Waals surface area contributed by atoms with Crippen molar-refractivity contribution in [1.82, 2.24) is 19.5 Å². The summed E-state index contributed by atoms with van der Waals surface area (Å²) in [5.74, 6) is 0.